The fourth-order valence-electron chi connectivity index (χ4n) is 3.83. The van der Waals surface area contributed by atoms with Crippen LogP contribution in [0.2, 0.25) is 0 Å². The molecule has 0 aromatic heterocycles. The molecule has 0 atom stereocenters. The van der Waals surface area contributed by atoms with Crippen LogP contribution in [-0.4, -0.2) is 40.6 Å². The molecule has 0 aliphatic carbocycles. The highest BCUT2D eigenvalue weighted by molar-refractivity contribution is 9.11. The molecule has 3 aromatic carbocycles. The molecular weight excluding hydrogens is 714 g/mol. The number of benzene rings is 3. The summed E-state index contributed by atoms with van der Waals surface area (Å²) < 4.78 is 7.39. The predicted octanol–water partition coefficient (Wildman–Crippen LogP) is 6.68. The SMILES string of the molecule is COc1c(Br)cc(C2=C(c3cc(Br)c(O)c(Br)c3)C(=O)N(CCc3ccc(O)cc3)C2=O)cc1Br. The summed E-state index contributed by atoms with van der Waals surface area (Å²) in [5, 5.41) is 19.7. The topological polar surface area (TPSA) is 87.1 Å². The molecule has 2 N–H and O–H groups in total. The van der Waals surface area contributed by atoms with Gasteiger partial charge in [-0.05, 0) is 123 Å². The van der Waals surface area contributed by atoms with Crippen LogP contribution < -0.4 is 4.74 Å². The van der Waals surface area contributed by atoms with E-state index in [0.717, 1.165) is 5.56 Å². The quantitative estimate of drug-likeness (QED) is 0.277. The molecule has 0 unspecified atom stereocenters. The summed E-state index contributed by atoms with van der Waals surface area (Å²) in [6.07, 6.45) is 0.428. The number of rotatable bonds is 6. The van der Waals surface area contributed by atoms with Crippen LogP contribution in [0.5, 0.6) is 17.2 Å². The van der Waals surface area contributed by atoms with Gasteiger partial charge in [-0.15, -0.1) is 0 Å². The first kappa shape index (κ1) is 25.9. The summed E-state index contributed by atoms with van der Waals surface area (Å²) in [4.78, 5) is 28.5. The lowest BCUT2D eigenvalue weighted by Crippen LogP contribution is -2.33. The van der Waals surface area contributed by atoms with Gasteiger partial charge in [-0.1, -0.05) is 12.1 Å². The Kier molecular flexibility index (Phi) is 7.75. The first-order valence-corrected chi connectivity index (χ1v) is 13.4. The van der Waals surface area contributed by atoms with E-state index in [4.69, 9.17) is 4.74 Å². The summed E-state index contributed by atoms with van der Waals surface area (Å²) in [6.45, 7) is 0.161. The summed E-state index contributed by atoms with van der Waals surface area (Å²) in [5.41, 5.74) is 2.36. The Morgan fingerprint density at radius 1 is 0.771 bits per heavy atom. The van der Waals surface area contributed by atoms with Crippen LogP contribution >= 0.6 is 63.7 Å². The molecule has 0 saturated heterocycles. The zero-order valence-corrected chi connectivity index (χ0v) is 24.5. The normalized spacial score (nSPS) is 13.7. The highest BCUT2D eigenvalue weighted by Crippen LogP contribution is 2.43. The Morgan fingerprint density at radius 2 is 1.23 bits per heavy atom. The minimum atomic E-state index is -0.434. The summed E-state index contributed by atoms with van der Waals surface area (Å²) in [5.74, 6) is -0.157. The van der Waals surface area contributed by atoms with E-state index in [9.17, 15) is 19.8 Å². The number of ether oxygens (including phenoxy) is 1. The molecule has 2 amide bonds. The van der Waals surface area contributed by atoms with E-state index in [1.807, 2.05) is 0 Å². The molecule has 1 heterocycles. The highest BCUT2D eigenvalue weighted by atomic mass is 79.9. The number of carbonyl (C=O) groups excluding carboxylic acids is 2. The van der Waals surface area contributed by atoms with Crippen molar-refractivity contribution in [3.8, 4) is 17.2 Å². The Bertz CT molecular complexity index is 1340. The number of amides is 2. The maximum absolute atomic E-state index is 13.7. The molecular formula is C25H17Br4NO5. The lowest BCUT2D eigenvalue weighted by Gasteiger charge is -2.16. The molecule has 6 nitrogen and oxygen atoms in total. The van der Waals surface area contributed by atoms with E-state index < -0.39 is 11.8 Å². The lowest BCUT2D eigenvalue weighted by molar-refractivity contribution is -0.135. The van der Waals surface area contributed by atoms with Crippen molar-refractivity contribution in [2.75, 3.05) is 13.7 Å². The Morgan fingerprint density at radius 3 is 1.69 bits per heavy atom. The van der Waals surface area contributed by atoms with Gasteiger partial charge >= 0.3 is 0 Å². The van der Waals surface area contributed by atoms with Gasteiger partial charge in [0, 0.05) is 6.54 Å². The lowest BCUT2D eigenvalue weighted by atomic mass is 9.96. The fraction of sp³-hybridized carbons (Fsp3) is 0.120. The van der Waals surface area contributed by atoms with Gasteiger partial charge in [-0.25, -0.2) is 0 Å². The van der Waals surface area contributed by atoms with Crippen molar-refractivity contribution in [3.05, 3.63) is 83.1 Å². The monoisotopic (exact) mass is 727 g/mol. The van der Waals surface area contributed by atoms with Crippen molar-refractivity contribution in [1.29, 1.82) is 0 Å². The number of phenols is 2. The number of carbonyl (C=O) groups is 2. The van der Waals surface area contributed by atoms with E-state index in [1.54, 1.807) is 48.5 Å². The molecule has 4 rings (SSSR count). The molecule has 1 aliphatic heterocycles. The third-order valence-electron chi connectivity index (χ3n) is 5.53. The van der Waals surface area contributed by atoms with Gasteiger partial charge in [0.1, 0.15) is 17.2 Å². The first-order chi connectivity index (χ1) is 16.6. The predicted molar refractivity (Wildman–Crippen MR) is 147 cm³/mol. The van der Waals surface area contributed by atoms with Gasteiger partial charge in [-0.3, -0.25) is 14.5 Å². The Hall–Kier alpha value is -2.14. The second kappa shape index (κ2) is 10.5. The van der Waals surface area contributed by atoms with Crippen molar-refractivity contribution in [2.45, 2.75) is 6.42 Å². The average Bonchev–Trinajstić information content (AvgIpc) is 3.06. The average molecular weight is 731 g/mol. The van der Waals surface area contributed by atoms with Crippen LogP contribution in [-0.2, 0) is 16.0 Å². The van der Waals surface area contributed by atoms with E-state index in [1.165, 1.54) is 12.0 Å². The van der Waals surface area contributed by atoms with Crippen molar-refractivity contribution >= 4 is 86.7 Å². The summed E-state index contributed by atoms with van der Waals surface area (Å²) in [7, 11) is 1.54. The Balaban J connectivity index is 1.82. The standard InChI is InChI=1S/C25H17Br4NO5/c1-35-23-18(28)10-14(11-19(23)29)21-20(13-8-16(26)22(32)17(27)9-13)24(33)30(25(21)34)7-6-12-2-4-15(31)5-3-12/h2-5,8-11,31-32H,6-7H2,1H3. The molecule has 0 spiro atoms. The number of imide groups is 1. The molecule has 0 saturated carbocycles. The highest BCUT2D eigenvalue weighted by Gasteiger charge is 2.40. The largest absolute Gasteiger partial charge is 0.508 e. The molecule has 3 aromatic rings. The molecule has 0 bridgehead atoms. The zero-order chi connectivity index (χ0) is 25.4. The first-order valence-electron chi connectivity index (χ1n) is 10.2. The van der Waals surface area contributed by atoms with Gasteiger partial charge in [0.25, 0.3) is 11.8 Å². The van der Waals surface area contributed by atoms with Crippen LogP contribution in [0.15, 0.2) is 66.4 Å². The van der Waals surface area contributed by atoms with E-state index in [2.05, 4.69) is 63.7 Å². The van der Waals surface area contributed by atoms with E-state index >= 15 is 0 Å². The van der Waals surface area contributed by atoms with Gasteiger partial charge < -0.3 is 14.9 Å². The van der Waals surface area contributed by atoms with Gasteiger partial charge in [0.15, 0.2) is 0 Å². The zero-order valence-electron chi connectivity index (χ0n) is 18.1. The van der Waals surface area contributed by atoms with Crippen molar-refractivity contribution in [2.24, 2.45) is 0 Å². The number of hydrogen-bond donors (Lipinski definition) is 2. The second-order valence-electron chi connectivity index (χ2n) is 7.69. The number of phenolic OH excluding ortho intramolecular Hbond substituents is 2. The molecule has 1 aliphatic rings. The number of methoxy groups -OCH3 is 1. The maximum Gasteiger partial charge on any atom is 0.262 e. The molecule has 35 heavy (non-hydrogen) atoms. The van der Waals surface area contributed by atoms with Crippen molar-refractivity contribution in [3.63, 3.8) is 0 Å². The van der Waals surface area contributed by atoms with Crippen LogP contribution in [0, 0.1) is 0 Å². The number of halogens is 4. The van der Waals surface area contributed by atoms with E-state index in [-0.39, 0.29) is 29.2 Å². The van der Waals surface area contributed by atoms with Crippen LogP contribution in [0.25, 0.3) is 11.1 Å². The van der Waals surface area contributed by atoms with Crippen LogP contribution in [0.3, 0.4) is 0 Å². The number of aromatic hydroxyl groups is 2. The maximum atomic E-state index is 13.7. The second-order valence-corrected chi connectivity index (χ2v) is 11.1. The molecule has 180 valence electrons. The summed E-state index contributed by atoms with van der Waals surface area (Å²) in [6, 6.07) is 13.3. The third kappa shape index (κ3) is 5.07. The van der Waals surface area contributed by atoms with Crippen LogP contribution in [0.4, 0.5) is 0 Å². The molecule has 0 fully saturated rings. The minimum absolute atomic E-state index is 0.00760. The smallest absolute Gasteiger partial charge is 0.262 e. The van der Waals surface area contributed by atoms with Gasteiger partial charge in [-0.2, -0.15) is 0 Å². The molecule has 0 radical (unpaired) electrons. The van der Waals surface area contributed by atoms with E-state index in [0.29, 0.717) is 41.2 Å². The molecule has 10 heteroatoms. The Labute approximate surface area is 235 Å². The van der Waals surface area contributed by atoms with Gasteiger partial charge in [0.05, 0.1) is 36.1 Å². The fourth-order valence-corrected chi connectivity index (χ4v) is 6.52. The van der Waals surface area contributed by atoms with Gasteiger partial charge in [0.2, 0.25) is 0 Å². The van der Waals surface area contributed by atoms with Crippen LogP contribution in [0.1, 0.15) is 16.7 Å². The number of hydrogen-bond acceptors (Lipinski definition) is 5. The minimum Gasteiger partial charge on any atom is -0.508 e. The third-order valence-corrected chi connectivity index (χ3v) is 7.91. The summed E-state index contributed by atoms with van der Waals surface area (Å²) >= 11 is 13.6. The van der Waals surface area contributed by atoms with Crippen molar-refractivity contribution in [1.82, 2.24) is 4.90 Å². The number of nitrogens with zero attached hydrogens (tertiary/aromatic N) is 1. The van der Waals surface area contributed by atoms with Crippen molar-refractivity contribution < 1.29 is 24.5 Å².